The van der Waals surface area contributed by atoms with Crippen LogP contribution in [0.2, 0.25) is 0 Å². The van der Waals surface area contributed by atoms with E-state index < -0.39 is 22.8 Å². The second kappa shape index (κ2) is 6.16. The van der Waals surface area contributed by atoms with E-state index in [0.29, 0.717) is 17.7 Å². The summed E-state index contributed by atoms with van der Waals surface area (Å²) in [7, 11) is 1.57. The molecule has 0 unspecified atom stereocenters. The number of carbonyl (C=O) groups is 1. The number of hydrogen-bond donors (Lipinski definition) is 2. The van der Waals surface area contributed by atoms with E-state index in [9.17, 15) is 14.0 Å². The largest absolute Gasteiger partial charge is 0.497 e. The van der Waals surface area contributed by atoms with E-state index in [2.05, 4.69) is 4.98 Å². The minimum Gasteiger partial charge on any atom is -0.497 e. The van der Waals surface area contributed by atoms with Crippen molar-refractivity contribution in [3.63, 3.8) is 0 Å². The Balaban J connectivity index is 2.06. The first-order valence-corrected chi connectivity index (χ1v) is 7.19. The molecule has 1 heterocycles. The molecule has 6 heteroatoms. The van der Waals surface area contributed by atoms with Crippen molar-refractivity contribution in [1.82, 2.24) is 4.98 Å². The first-order valence-electron chi connectivity index (χ1n) is 7.19. The van der Waals surface area contributed by atoms with Crippen molar-refractivity contribution in [2.45, 2.75) is 6.42 Å². The molecule has 2 N–H and O–H groups in total. The number of aromatic carboxylic acids is 1. The van der Waals surface area contributed by atoms with E-state index in [1.54, 1.807) is 19.2 Å². The van der Waals surface area contributed by atoms with Gasteiger partial charge in [-0.3, -0.25) is 4.79 Å². The van der Waals surface area contributed by atoms with E-state index in [4.69, 9.17) is 9.84 Å². The Bertz CT molecular complexity index is 977. The maximum absolute atomic E-state index is 14.2. The van der Waals surface area contributed by atoms with Crippen molar-refractivity contribution >= 4 is 16.9 Å². The quantitative estimate of drug-likeness (QED) is 0.772. The molecule has 0 saturated heterocycles. The Morgan fingerprint density at radius 2 is 1.92 bits per heavy atom. The number of nitrogens with one attached hydrogen (secondary N) is 1. The lowest BCUT2D eigenvalue weighted by atomic mass is 10.0. The molecule has 24 heavy (non-hydrogen) atoms. The summed E-state index contributed by atoms with van der Waals surface area (Å²) < 4.78 is 19.3. The first-order chi connectivity index (χ1) is 11.5. The number of rotatable bonds is 4. The van der Waals surface area contributed by atoms with Crippen LogP contribution in [0.4, 0.5) is 4.39 Å². The molecule has 0 aliphatic heterocycles. The Morgan fingerprint density at radius 3 is 2.54 bits per heavy atom. The van der Waals surface area contributed by atoms with Crippen LogP contribution in [-0.4, -0.2) is 23.2 Å². The molecule has 3 rings (SSSR count). The number of carboxylic acid groups (broad SMARTS) is 1. The average molecular weight is 327 g/mol. The van der Waals surface area contributed by atoms with Gasteiger partial charge < -0.3 is 14.8 Å². The zero-order valence-electron chi connectivity index (χ0n) is 12.8. The smallest absolute Gasteiger partial charge is 0.341 e. The summed E-state index contributed by atoms with van der Waals surface area (Å²) in [6.07, 6.45) is 1.42. The van der Waals surface area contributed by atoms with E-state index in [0.717, 1.165) is 11.8 Å². The standard InChI is InChI=1S/C18H14FNO4/c1-24-12-4-2-10(3-5-12)6-11-7-13-16(15(19)8-11)20-9-14(17(13)21)18(22)23/h2-5,7-9H,6H2,1H3,(H,20,21)(H,22,23). The number of hydrogen-bond acceptors (Lipinski definition) is 3. The van der Waals surface area contributed by atoms with Crippen molar-refractivity contribution in [2.75, 3.05) is 7.11 Å². The van der Waals surface area contributed by atoms with Crippen LogP contribution in [0.25, 0.3) is 10.9 Å². The van der Waals surface area contributed by atoms with Crippen LogP contribution >= 0.6 is 0 Å². The van der Waals surface area contributed by atoms with Crippen LogP contribution in [0.1, 0.15) is 21.5 Å². The molecule has 2 aromatic carbocycles. The molecule has 0 saturated carbocycles. The molecule has 0 radical (unpaired) electrons. The lowest BCUT2D eigenvalue weighted by Gasteiger charge is -2.07. The number of H-pyrrole nitrogens is 1. The maximum atomic E-state index is 14.2. The fourth-order valence-corrected chi connectivity index (χ4v) is 2.58. The number of ether oxygens (including phenoxy) is 1. The molecule has 0 bridgehead atoms. The molecule has 0 fully saturated rings. The Labute approximate surface area is 136 Å². The number of methoxy groups -OCH3 is 1. The van der Waals surface area contributed by atoms with Crippen LogP contribution in [0.5, 0.6) is 5.75 Å². The zero-order chi connectivity index (χ0) is 17.3. The molecular weight excluding hydrogens is 313 g/mol. The van der Waals surface area contributed by atoms with Gasteiger partial charge in [-0.15, -0.1) is 0 Å². The summed E-state index contributed by atoms with van der Waals surface area (Å²) in [6, 6.07) is 10.1. The minimum absolute atomic E-state index is 0.00322. The number of carboxylic acids is 1. The summed E-state index contributed by atoms with van der Waals surface area (Å²) >= 11 is 0. The summed E-state index contributed by atoms with van der Waals surface area (Å²) in [4.78, 5) is 25.8. The molecule has 0 aliphatic carbocycles. The van der Waals surface area contributed by atoms with Gasteiger partial charge in [0.15, 0.2) is 0 Å². The van der Waals surface area contributed by atoms with Gasteiger partial charge in [0.1, 0.15) is 17.1 Å². The number of halogens is 1. The monoisotopic (exact) mass is 327 g/mol. The zero-order valence-corrected chi connectivity index (χ0v) is 12.8. The highest BCUT2D eigenvalue weighted by molar-refractivity contribution is 5.92. The van der Waals surface area contributed by atoms with Gasteiger partial charge in [-0.05, 0) is 41.8 Å². The van der Waals surface area contributed by atoms with Crippen molar-refractivity contribution in [1.29, 1.82) is 0 Å². The maximum Gasteiger partial charge on any atom is 0.341 e. The third-order valence-electron chi connectivity index (χ3n) is 3.80. The molecule has 122 valence electrons. The van der Waals surface area contributed by atoms with Crippen molar-refractivity contribution in [2.24, 2.45) is 0 Å². The molecule has 5 nitrogen and oxygen atoms in total. The predicted octanol–water partition coefficient (Wildman–Crippen LogP) is 2.96. The van der Waals surface area contributed by atoms with Crippen LogP contribution < -0.4 is 10.2 Å². The topological polar surface area (TPSA) is 79.4 Å². The molecule has 1 aromatic heterocycles. The SMILES string of the molecule is COc1ccc(Cc2cc(F)c3[nH]cc(C(=O)O)c(=O)c3c2)cc1. The number of aromatic nitrogens is 1. The fraction of sp³-hybridized carbons (Fsp3) is 0.111. The van der Waals surface area contributed by atoms with Gasteiger partial charge in [-0.1, -0.05) is 12.1 Å². The fourth-order valence-electron chi connectivity index (χ4n) is 2.58. The van der Waals surface area contributed by atoms with Gasteiger partial charge in [-0.25, -0.2) is 9.18 Å². The highest BCUT2D eigenvalue weighted by Gasteiger charge is 2.14. The molecule has 3 aromatic rings. The lowest BCUT2D eigenvalue weighted by Crippen LogP contribution is -2.16. The third kappa shape index (κ3) is 2.86. The van der Waals surface area contributed by atoms with Crippen LogP contribution in [0.15, 0.2) is 47.4 Å². The van der Waals surface area contributed by atoms with Gasteiger partial charge in [0.2, 0.25) is 5.43 Å². The number of aromatic amines is 1. The highest BCUT2D eigenvalue weighted by atomic mass is 19.1. The molecule has 0 aliphatic rings. The summed E-state index contributed by atoms with van der Waals surface area (Å²) in [5.41, 5.74) is 0.386. The van der Waals surface area contributed by atoms with Gasteiger partial charge in [0.25, 0.3) is 0 Å². The van der Waals surface area contributed by atoms with Gasteiger partial charge in [0.05, 0.1) is 12.6 Å². The highest BCUT2D eigenvalue weighted by Crippen LogP contribution is 2.20. The van der Waals surface area contributed by atoms with E-state index in [1.807, 2.05) is 12.1 Å². The first kappa shape index (κ1) is 15.7. The molecular formula is C18H14FNO4. The summed E-state index contributed by atoms with van der Waals surface area (Å²) in [5.74, 6) is -1.23. The number of benzene rings is 2. The predicted molar refractivity (Wildman–Crippen MR) is 87.3 cm³/mol. The van der Waals surface area contributed by atoms with E-state index >= 15 is 0 Å². The van der Waals surface area contributed by atoms with E-state index in [1.165, 1.54) is 12.1 Å². The Kier molecular flexibility index (Phi) is 4.04. The molecule has 0 atom stereocenters. The normalized spacial score (nSPS) is 10.8. The minimum atomic E-state index is -1.35. The van der Waals surface area contributed by atoms with Gasteiger partial charge in [0, 0.05) is 11.6 Å². The molecule has 0 amide bonds. The summed E-state index contributed by atoms with van der Waals surface area (Å²) in [5, 5.41) is 9.05. The van der Waals surface area contributed by atoms with Gasteiger partial charge >= 0.3 is 5.97 Å². The van der Waals surface area contributed by atoms with Crippen LogP contribution in [0.3, 0.4) is 0 Å². The molecule has 0 spiro atoms. The van der Waals surface area contributed by atoms with Crippen LogP contribution in [-0.2, 0) is 6.42 Å². The van der Waals surface area contributed by atoms with Gasteiger partial charge in [-0.2, -0.15) is 0 Å². The number of pyridine rings is 1. The summed E-state index contributed by atoms with van der Waals surface area (Å²) in [6.45, 7) is 0. The van der Waals surface area contributed by atoms with Crippen molar-refractivity contribution in [3.8, 4) is 5.75 Å². The second-order valence-electron chi connectivity index (χ2n) is 5.36. The van der Waals surface area contributed by atoms with Crippen LogP contribution in [0, 0.1) is 5.82 Å². The van der Waals surface area contributed by atoms with Crippen molar-refractivity contribution < 1.29 is 19.0 Å². The second-order valence-corrected chi connectivity index (χ2v) is 5.36. The average Bonchev–Trinajstić information content (AvgIpc) is 2.56. The Morgan fingerprint density at radius 1 is 1.21 bits per heavy atom. The Hall–Kier alpha value is -3.15. The third-order valence-corrected chi connectivity index (χ3v) is 3.80. The van der Waals surface area contributed by atoms with Crippen molar-refractivity contribution in [3.05, 3.63) is 75.3 Å². The number of fused-ring (bicyclic) bond motifs is 1. The van der Waals surface area contributed by atoms with E-state index in [-0.39, 0.29) is 10.9 Å². The lowest BCUT2D eigenvalue weighted by molar-refractivity contribution is 0.0695.